The zero-order chi connectivity index (χ0) is 9.26. The van der Waals surface area contributed by atoms with Gasteiger partial charge in [0.1, 0.15) is 6.10 Å². The average Bonchev–Trinajstić information content (AvgIpc) is 2.62. The van der Waals surface area contributed by atoms with Gasteiger partial charge >= 0.3 is 0 Å². The molecule has 3 heteroatoms. The Balaban J connectivity index is 2.29. The van der Waals surface area contributed by atoms with Crippen LogP contribution in [0, 0.1) is 28.6 Å². The molecule has 1 aliphatic carbocycles. The molecule has 0 fully saturated rings. The molecule has 13 heavy (non-hydrogen) atoms. The number of nitriles is 2. The Morgan fingerprint density at radius 3 is 2.62 bits per heavy atom. The van der Waals surface area contributed by atoms with Crippen LogP contribution >= 0.6 is 0 Å². The van der Waals surface area contributed by atoms with E-state index in [2.05, 4.69) is 12.1 Å². The summed E-state index contributed by atoms with van der Waals surface area (Å²) in [6.45, 7) is 0. The lowest BCUT2D eigenvalue weighted by Gasteiger charge is -2.23. The summed E-state index contributed by atoms with van der Waals surface area (Å²) in [5, 5.41) is 17.6. The molecule has 0 radical (unpaired) electrons. The minimum atomic E-state index is 0.0896. The fourth-order valence-electron chi connectivity index (χ4n) is 1.78. The molecule has 64 valence electrons. The van der Waals surface area contributed by atoms with Gasteiger partial charge in [-0.15, -0.1) is 0 Å². The van der Waals surface area contributed by atoms with Crippen LogP contribution in [-0.4, -0.2) is 6.10 Å². The first kappa shape index (κ1) is 7.89. The van der Waals surface area contributed by atoms with Crippen LogP contribution in [0.1, 0.15) is 12.8 Å². The van der Waals surface area contributed by atoms with Crippen LogP contribution in [-0.2, 0) is 4.74 Å². The molecule has 1 heterocycles. The lowest BCUT2D eigenvalue weighted by Crippen LogP contribution is -2.22. The molecule has 2 atom stereocenters. The van der Waals surface area contributed by atoms with Crippen molar-refractivity contribution >= 4 is 0 Å². The SMILES string of the molecule is N#CC1=C(C#N)CC2OC=CC2C1. The second kappa shape index (κ2) is 2.95. The largest absolute Gasteiger partial charge is 0.497 e. The van der Waals surface area contributed by atoms with Crippen molar-refractivity contribution in [1.29, 1.82) is 10.5 Å². The maximum absolute atomic E-state index is 8.79. The van der Waals surface area contributed by atoms with Gasteiger partial charge in [-0.25, -0.2) is 0 Å². The van der Waals surface area contributed by atoms with E-state index in [4.69, 9.17) is 15.3 Å². The Kier molecular flexibility index (Phi) is 1.79. The summed E-state index contributed by atoms with van der Waals surface area (Å²) in [5.41, 5.74) is 1.21. The molecule has 0 bridgehead atoms. The minimum absolute atomic E-state index is 0.0896. The van der Waals surface area contributed by atoms with Gasteiger partial charge in [0.25, 0.3) is 0 Å². The average molecular weight is 172 g/mol. The smallest absolute Gasteiger partial charge is 0.109 e. The first-order chi connectivity index (χ1) is 6.35. The Morgan fingerprint density at radius 2 is 1.92 bits per heavy atom. The van der Waals surface area contributed by atoms with E-state index in [0.29, 0.717) is 29.9 Å². The normalized spacial score (nSPS) is 30.3. The highest BCUT2D eigenvalue weighted by Gasteiger charge is 2.32. The number of ether oxygens (including phenoxy) is 1. The lowest BCUT2D eigenvalue weighted by molar-refractivity contribution is 0.130. The molecular formula is C10H8N2O. The van der Waals surface area contributed by atoms with E-state index in [1.165, 1.54) is 0 Å². The first-order valence-electron chi connectivity index (χ1n) is 4.19. The van der Waals surface area contributed by atoms with Crippen LogP contribution in [0.3, 0.4) is 0 Å². The third kappa shape index (κ3) is 1.19. The third-order valence-electron chi connectivity index (χ3n) is 2.54. The van der Waals surface area contributed by atoms with E-state index in [1.807, 2.05) is 6.08 Å². The van der Waals surface area contributed by atoms with Gasteiger partial charge < -0.3 is 4.74 Å². The lowest BCUT2D eigenvalue weighted by atomic mass is 9.83. The summed E-state index contributed by atoms with van der Waals surface area (Å²) < 4.78 is 5.31. The molecule has 0 amide bonds. The van der Waals surface area contributed by atoms with Crippen LogP contribution in [0.25, 0.3) is 0 Å². The van der Waals surface area contributed by atoms with E-state index in [-0.39, 0.29) is 6.10 Å². The number of fused-ring (bicyclic) bond motifs is 1. The summed E-state index contributed by atoms with van der Waals surface area (Å²) >= 11 is 0. The Labute approximate surface area is 76.5 Å². The number of nitrogens with zero attached hydrogens (tertiary/aromatic N) is 2. The van der Waals surface area contributed by atoms with Crippen LogP contribution in [0.4, 0.5) is 0 Å². The molecule has 0 saturated carbocycles. The van der Waals surface area contributed by atoms with Crippen molar-refractivity contribution in [3.63, 3.8) is 0 Å². The molecule has 1 aliphatic heterocycles. The van der Waals surface area contributed by atoms with Crippen molar-refractivity contribution in [2.45, 2.75) is 18.9 Å². The van der Waals surface area contributed by atoms with Crippen molar-refractivity contribution < 1.29 is 4.74 Å². The highest BCUT2D eigenvalue weighted by molar-refractivity contribution is 5.40. The van der Waals surface area contributed by atoms with Gasteiger partial charge in [0.2, 0.25) is 0 Å². The third-order valence-corrected chi connectivity index (χ3v) is 2.54. The van der Waals surface area contributed by atoms with Gasteiger partial charge in [-0.1, -0.05) is 0 Å². The van der Waals surface area contributed by atoms with Crippen molar-refractivity contribution in [3.8, 4) is 12.1 Å². The molecule has 0 aromatic carbocycles. The molecule has 0 saturated heterocycles. The fraction of sp³-hybridized carbons (Fsp3) is 0.400. The highest BCUT2D eigenvalue weighted by Crippen LogP contribution is 2.35. The van der Waals surface area contributed by atoms with Crippen molar-refractivity contribution in [2.75, 3.05) is 0 Å². The van der Waals surface area contributed by atoms with E-state index < -0.39 is 0 Å². The van der Waals surface area contributed by atoms with E-state index in [0.717, 1.165) is 0 Å². The van der Waals surface area contributed by atoms with Crippen LogP contribution < -0.4 is 0 Å². The molecule has 2 unspecified atom stereocenters. The maximum atomic E-state index is 8.79. The molecule has 0 spiro atoms. The molecule has 3 nitrogen and oxygen atoms in total. The molecule has 0 N–H and O–H groups in total. The summed E-state index contributed by atoms with van der Waals surface area (Å²) in [7, 11) is 0. The summed E-state index contributed by atoms with van der Waals surface area (Å²) in [6, 6.07) is 4.15. The maximum Gasteiger partial charge on any atom is 0.109 e. The van der Waals surface area contributed by atoms with Crippen molar-refractivity contribution in [2.24, 2.45) is 5.92 Å². The zero-order valence-electron chi connectivity index (χ0n) is 7.03. The molecule has 2 rings (SSSR count). The van der Waals surface area contributed by atoms with Gasteiger partial charge in [0, 0.05) is 23.5 Å². The predicted octanol–water partition coefficient (Wildman–Crippen LogP) is 1.65. The first-order valence-corrected chi connectivity index (χ1v) is 4.19. The summed E-state index contributed by atoms with van der Waals surface area (Å²) in [5.74, 6) is 0.298. The van der Waals surface area contributed by atoms with E-state index in [1.54, 1.807) is 6.26 Å². The zero-order valence-corrected chi connectivity index (χ0v) is 7.03. The number of allylic oxidation sites excluding steroid dienone is 1. The van der Waals surface area contributed by atoms with E-state index >= 15 is 0 Å². The Hall–Kier alpha value is -1.74. The Bertz CT molecular complexity index is 367. The molecular weight excluding hydrogens is 164 g/mol. The van der Waals surface area contributed by atoms with Crippen LogP contribution in [0.5, 0.6) is 0 Å². The molecule has 0 aromatic rings. The number of hydrogen-bond acceptors (Lipinski definition) is 3. The monoisotopic (exact) mass is 172 g/mol. The van der Waals surface area contributed by atoms with Crippen LogP contribution in [0.15, 0.2) is 23.5 Å². The van der Waals surface area contributed by atoms with E-state index in [9.17, 15) is 0 Å². The van der Waals surface area contributed by atoms with Crippen molar-refractivity contribution in [1.82, 2.24) is 0 Å². The highest BCUT2D eigenvalue weighted by atomic mass is 16.5. The van der Waals surface area contributed by atoms with Crippen LogP contribution in [0.2, 0.25) is 0 Å². The predicted molar refractivity (Wildman–Crippen MR) is 45.0 cm³/mol. The quantitative estimate of drug-likeness (QED) is 0.558. The topological polar surface area (TPSA) is 56.8 Å². The van der Waals surface area contributed by atoms with Gasteiger partial charge in [-0.05, 0) is 12.5 Å². The molecule has 0 aromatic heterocycles. The van der Waals surface area contributed by atoms with Gasteiger partial charge in [0.05, 0.1) is 18.4 Å². The second-order valence-electron chi connectivity index (χ2n) is 3.26. The summed E-state index contributed by atoms with van der Waals surface area (Å²) in [6.07, 6.45) is 4.96. The second-order valence-corrected chi connectivity index (χ2v) is 3.26. The minimum Gasteiger partial charge on any atom is -0.497 e. The number of hydrogen-bond donors (Lipinski definition) is 0. The fourth-order valence-corrected chi connectivity index (χ4v) is 1.78. The Morgan fingerprint density at radius 1 is 1.23 bits per heavy atom. The standard InChI is InChI=1S/C10H8N2O/c11-5-8-3-7-1-2-13-10(7)4-9(8)6-12/h1-2,7,10H,3-4H2. The van der Waals surface area contributed by atoms with Gasteiger partial charge in [-0.2, -0.15) is 10.5 Å². The van der Waals surface area contributed by atoms with Gasteiger partial charge in [0.15, 0.2) is 0 Å². The van der Waals surface area contributed by atoms with Crippen molar-refractivity contribution in [3.05, 3.63) is 23.5 Å². The summed E-state index contributed by atoms with van der Waals surface area (Å²) in [4.78, 5) is 0. The van der Waals surface area contributed by atoms with Gasteiger partial charge in [-0.3, -0.25) is 0 Å². The number of rotatable bonds is 0. The molecule has 2 aliphatic rings.